The molecule has 2 atom stereocenters. The molecule has 3 rings (SSSR count). The van der Waals surface area contributed by atoms with Crippen LogP contribution >= 0.6 is 0 Å². The van der Waals surface area contributed by atoms with E-state index in [4.69, 9.17) is 9.84 Å². The van der Waals surface area contributed by atoms with Crippen LogP contribution in [0.4, 0.5) is 0 Å². The zero-order valence-electron chi connectivity index (χ0n) is 12.9. The first-order chi connectivity index (χ1) is 11.6. The molecule has 1 saturated carbocycles. The number of aliphatic carboxylic acids is 1. The van der Waals surface area contributed by atoms with E-state index in [-0.39, 0.29) is 17.9 Å². The molecule has 1 aliphatic carbocycles. The maximum Gasteiger partial charge on any atom is 0.306 e. The summed E-state index contributed by atoms with van der Waals surface area (Å²) in [6.07, 6.45) is 6.29. The van der Waals surface area contributed by atoms with Crippen LogP contribution in [-0.4, -0.2) is 33.0 Å². The molecule has 1 aliphatic rings. The normalized spacial score (nSPS) is 19.7. The minimum absolute atomic E-state index is 0.108. The first kappa shape index (κ1) is 15.9. The molecule has 1 aromatic carbocycles. The van der Waals surface area contributed by atoms with E-state index >= 15 is 0 Å². The Morgan fingerprint density at radius 2 is 2.12 bits per heavy atom. The summed E-state index contributed by atoms with van der Waals surface area (Å²) in [6.45, 7) is 0. The number of carboxylic acids is 1. The van der Waals surface area contributed by atoms with E-state index in [2.05, 4.69) is 15.3 Å². The molecule has 2 N–H and O–H groups in total. The highest BCUT2D eigenvalue weighted by atomic mass is 16.5. The van der Waals surface area contributed by atoms with Crippen LogP contribution in [0.1, 0.15) is 29.6 Å². The third-order valence-electron chi connectivity index (χ3n) is 3.98. The second-order valence-corrected chi connectivity index (χ2v) is 5.69. The van der Waals surface area contributed by atoms with E-state index < -0.39 is 5.97 Å². The lowest BCUT2D eigenvalue weighted by Crippen LogP contribution is -2.33. The molecule has 1 amide bonds. The molecule has 1 fully saturated rings. The van der Waals surface area contributed by atoms with Gasteiger partial charge in [-0.15, -0.1) is 0 Å². The van der Waals surface area contributed by atoms with Crippen molar-refractivity contribution >= 4 is 11.9 Å². The lowest BCUT2D eigenvalue weighted by atomic mass is 10.1. The van der Waals surface area contributed by atoms with Gasteiger partial charge in [0, 0.05) is 24.0 Å². The van der Waals surface area contributed by atoms with Gasteiger partial charge in [0.2, 0.25) is 5.88 Å². The third kappa shape index (κ3) is 3.87. The van der Waals surface area contributed by atoms with Crippen molar-refractivity contribution in [1.29, 1.82) is 0 Å². The van der Waals surface area contributed by atoms with Crippen LogP contribution in [0.3, 0.4) is 0 Å². The molecular weight excluding hydrogens is 310 g/mol. The molecule has 1 heterocycles. The topological polar surface area (TPSA) is 101 Å². The molecule has 1 aromatic heterocycles. The second kappa shape index (κ2) is 7.08. The largest absolute Gasteiger partial charge is 0.481 e. The summed E-state index contributed by atoms with van der Waals surface area (Å²) in [4.78, 5) is 31.2. The highest BCUT2D eigenvalue weighted by Gasteiger charge is 2.30. The van der Waals surface area contributed by atoms with E-state index in [0.717, 1.165) is 0 Å². The van der Waals surface area contributed by atoms with Gasteiger partial charge in [-0.25, -0.2) is 4.98 Å². The van der Waals surface area contributed by atoms with Gasteiger partial charge in [-0.1, -0.05) is 6.07 Å². The van der Waals surface area contributed by atoms with Gasteiger partial charge >= 0.3 is 5.97 Å². The molecule has 24 heavy (non-hydrogen) atoms. The van der Waals surface area contributed by atoms with E-state index in [1.807, 2.05) is 0 Å². The number of hydrogen-bond donors (Lipinski definition) is 2. The molecule has 0 saturated heterocycles. The van der Waals surface area contributed by atoms with Crippen molar-refractivity contribution < 1.29 is 19.4 Å². The Labute approximate surface area is 138 Å². The number of carbonyl (C=O) groups is 2. The van der Waals surface area contributed by atoms with Crippen molar-refractivity contribution in [2.45, 2.75) is 25.3 Å². The number of benzene rings is 1. The summed E-state index contributed by atoms with van der Waals surface area (Å²) in [7, 11) is 0. The smallest absolute Gasteiger partial charge is 0.306 e. The number of hydrogen-bond acceptors (Lipinski definition) is 5. The summed E-state index contributed by atoms with van der Waals surface area (Å²) in [6, 6.07) is 6.63. The van der Waals surface area contributed by atoms with Crippen molar-refractivity contribution in [2.24, 2.45) is 5.92 Å². The van der Waals surface area contributed by atoms with E-state index in [1.54, 1.807) is 30.5 Å². The van der Waals surface area contributed by atoms with Gasteiger partial charge in [0.1, 0.15) is 5.75 Å². The monoisotopic (exact) mass is 327 g/mol. The van der Waals surface area contributed by atoms with Crippen LogP contribution in [0, 0.1) is 5.92 Å². The Morgan fingerprint density at radius 1 is 1.25 bits per heavy atom. The first-order valence-corrected chi connectivity index (χ1v) is 7.69. The van der Waals surface area contributed by atoms with Gasteiger partial charge in [-0.2, -0.15) is 0 Å². The number of carbonyl (C=O) groups excluding carboxylic acids is 1. The molecule has 124 valence electrons. The van der Waals surface area contributed by atoms with E-state index in [0.29, 0.717) is 36.5 Å². The molecule has 0 aliphatic heterocycles. The second-order valence-electron chi connectivity index (χ2n) is 5.69. The SMILES string of the molecule is O=C(N[C@H]1CC[C@@H](C(=O)O)C1)c1cccc(Oc2cnccn2)c1. The summed E-state index contributed by atoms with van der Waals surface area (Å²) >= 11 is 0. The van der Waals surface area contributed by atoms with Crippen LogP contribution in [0.15, 0.2) is 42.9 Å². The number of nitrogens with one attached hydrogen (secondary N) is 1. The zero-order chi connectivity index (χ0) is 16.9. The highest BCUT2D eigenvalue weighted by Crippen LogP contribution is 2.26. The first-order valence-electron chi connectivity index (χ1n) is 7.69. The number of aromatic nitrogens is 2. The number of carboxylic acid groups (broad SMARTS) is 1. The molecule has 2 aromatic rings. The van der Waals surface area contributed by atoms with E-state index in [9.17, 15) is 9.59 Å². The van der Waals surface area contributed by atoms with Gasteiger partial charge in [-0.3, -0.25) is 14.6 Å². The average Bonchev–Trinajstić information content (AvgIpc) is 3.05. The maximum atomic E-state index is 12.3. The summed E-state index contributed by atoms with van der Waals surface area (Å²) in [5.74, 6) is -0.587. The van der Waals surface area contributed by atoms with Crippen LogP contribution in [0.5, 0.6) is 11.6 Å². The van der Waals surface area contributed by atoms with Gasteiger partial charge in [0.15, 0.2) is 0 Å². The predicted octanol–water partition coefficient (Wildman–Crippen LogP) is 2.25. The molecule has 0 radical (unpaired) electrons. The van der Waals surface area contributed by atoms with Crippen molar-refractivity contribution in [3.63, 3.8) is 0 Å². The molecule has 7 heteroatoms. The fourth-order valence-electron chi connectivity index (χ4n) is 2.77. The standard InChI is InChI=1S/C17H17N3O4/c21-16(20-13-5-4-12(8-13)17(22)23)11-2-1-3-14(9-11)24-15-10-18-6-7-19-15/h1-3,6-7,9-10,12-13H,4-5,8H2,(H,20,21)(H,22,23)/t12-,13+/m1/s1. The highest BCUT2D eigenvalue weighted by molar-refractivity contribution is 5.94. The summed E-state index contributed by atoms with van der Waals surface area (Å²) in [5, 5.41) is 11.9. The Morgan fingerprint density at radius 3 is 2.83 bits per heavy atom. The van der Waals surface area contributed by atoms with Crippen molar-refractivity contribution in [3.8, 4) is 11.6 Å². The number of nitrogens with zero attached hydrogens (tertiary/aromatic N) is 2. The minimum Gasteiger partial charge on any atom is -0.481 e. The summed E-state index contributed by atoms with van der Waals surface area (Å²) < 4.78 is 5.56. The number of ether oxygens (including phenoxy) is 1. The van der Waals surface area contributed by atoms with Gasteiger partial charge in [0.25, 0.3) is 5.91 Å². The maximum absolute atomic E-state index is 12.3. The molecule has 0 spiro atoms. The molecule has 0 bridgehead atoms. The van der Waals surface area contributed by atoms with Gasteiger partial charge < -0.3 is 15.2 Å². The van der Waals surface area contributed by atoms with Crippen molar-refractivity contribution in [1.82, 2.24) is 15.3 Å². The zero-order valence-corrected chi connectivity index (χ0v) is 12.9. The Kier molecular flexibility index (Phi) is 4.69. The van der Waals surface area contributed by atoms with Crippen molar-refractivity contribution in [2.75, 3.05) is 0 Å². The Hall–Kier alpha value is -2.96. The molecule has 0 unspecified atom stereocenters. The average molecular weight is 327 g/mol. The van der Waals surface area contributed by atoms with Crippen LogP contribution in [0.25, 0.3) is 0 Å². The lowest BCUT2D eigenvalue weighted by Gasteiger charge is -2.13. The predicted molar refractivity (Wildman–Crippen MR) is 84.8 cm³/mol. The fourth-order valence-corrected chi connectivity index (χ4v) is 2.77. The molecule has 7 nitrogen and oxygen atoms in total. The van der Waals surface area contributed by atoms with Crippen LogP contribution < -0.4 is 10.1 Å². The van der Waals surface area contributed by atoms with Gasteiger partial charge in [0.05, 0.1) is 12.1 Å². The quantitative estimate of drug-likeness (QED) is 0.873. The number of amides is 1. The summed E-state index contributed by atoms with van der Waals surface area (Å²) in [5.41, 5.74) is 0.454. The van der Waals surface area contributed by atoms with Gasteiger partial charge in [-0.05, 0) is 37.5 Å². The van der Waals surface area contributed by atoms with Crippen LogP contribution in [-0.2, 0) is 4.79 Å². The number of rotatable bonds is 5. The van der Waals surface area contributed by atoms with E-state index in [1.165, 1.54) is 12.4 Å². The lowest BCUT2D eigenvalue weighted by molar-refractivity contribution is -0.141. The Bertz CT molecular complexity index is 736. The molecular formula is C17H17N3O4. The third-order valence-corrected chi connectivity index (χ3v) is 3.98. The fraction of sp³-hybridized carbons (Fsp3) is 0.294. The Balaban J connectivity index is 1.63. The van der Waals surface area contributed by atoms with Crippen LogP contribution in [0.2, 0.25) is 0 Å². The van der Waals surface area contributed by atoms with Crippen molar-refractivity contribution in [3.05, 3.63) is 48.4 Å². The minimum atomic E-state index is -0.800.